The van der Waals surface area contributed by atoms with Gasteiger partial charge in [0.25, 0.3) is 11.8 Å². The Kier molecular flexibility index (Phi) is 5.21. The Bertz CT molecular complexity index is 685. The zero-order valence-electron chi connectivity index (χ0n) is 12.2. The number of benzene rings is 1. The summed E-state index contributed by atoms with van der Waals surface area (Å²) in [4.78, 5) is 27.8. The van der Waals surface area contributed by atoms with Crippen molar-refractivity contribution < 1.29 is 14.0 Å². The molecule has 1 aromatic carbocycles. The van der Waals surface area contributed by atoms with Gasteiger partial charge in [-0.05, 0) is 24.1 Å². The summed E-state index contributed by atoms with van der Waals surface area (Å²) in [6, 6.07) is 5.36. The minimum absolute atomic E-state index is 0.195. The molecule has 1 aromatic heterocycles. The molecule has 0 spiro atoms. The van der Waals surface area contributed by atoms with Crippen LogP contribution in [0.3, 0.4) is 0 Å². The number of nitrogens with zero attached hydrogens (tertiary/aromatic N) is 1. The molecule has 0 saturated heterocycles. The third-order valence-electron chi connectivity index (χ3n) is 2.71. The Balaban J connectivity index is 2.00. The molecule has 0 saturated carbocycles. The van der Waals surface area contributed by atoms with Crippen molar-refractivity contribution in [2.24, 2.45) is 5.92 Å². The second-order valence-corrected chi connectivity index (χ2v) is 5.96. The lowest BCUT2D eigenvalue weighted by Crippen LogP contribution is -2.27. The standard InChI is InChI=1S/C15H16FN3O2S/c1-9(2)7-17-14(21)12-8-22-15(18-12)19-13(20)10-4-3-5-11(16)6-10/h3-6,8-9H,7H2,1-2H3,(H,17,21)(H,18,19,20). The lowest BCUT2D eigenvalue weighted by atomic mass is 10.2. The van der Waals surface area contributed by atoms with Crippen molar-refractivity contribution in [2.45, 2.75) is 13.8 Å². The van der Waals surface area contributed by atoms with Gasteiger partial charge in [0.05, 0.1) is 0 Å². The van der Waals surface area contributed by atoms with E-state index in [4.69, 9.17) is 0 Å². The average Bonchev–Trinajstić information content (AvgIpc) is 2.93. The van der Waals surface area contributed by atoms with Gasteiger partial charge in [0.15, 0.2) is 5.13 Å². The van der Waals surface area contributed by atoms with Crippen LogP contribution in [-0.2, 0) is 0 Å². The molecule has 0 radical (unpaired) electrons. The van der Waals surface area contributed by atoms with Crippen LogP contribution >= 0.6 is 11.3 Å². The van der Waals surface area contributed by atoms with Gasteiger partial charge in [-0.15, -0.1) is 11.3 Å². The number of nitrogens with one attached hydrogen (secondary N) is 2. The molecule has 1 heterocycles. The Hall–Kier alpha value is -2.28. The number of aromatic nitrogens is 1. The van der Waals surface area contributed by atoms with Crippen LogP contribution in [0.5, 0.6) is 0 Å². The topological polar surface area (TPSA) is 71.1 Å². The predicted octanol–water partition coefficient (Wildman–Crippen LogP) is 2.92. The highest BCUT2D eigenvalue weighted by molar-refractivity contribution is 7.14. The summed E-state index contributed by atoms with van der Waals surface area (Å²) in [7, 11) is 0. The highest BCUT2D eigenvalue weighted by atomic mass is 32.1. The van der Waals surface area contributed by atoms with Gasteiger partial charge >= 0.3 is 0 Å². The minimum atomic E-state index is -0.486. The molecule has 2 amide bonds. The van der Waals surface area contributed by atoms with Crippen molar-refractivity contribution in [1.82, 2.24) is 10.3 Å². The van der Waals surface area contributed by atoms with E-state index in [2.05, 4.69) is 15.6 Å². The molecule has 2 aromatic rings. The van der Waals surface area contributed by atoms with Gasteiger partial charge in [0.1, 0.15) is 11.5 Å². The molecule has 0 aliphatic heterocycles. The summed E-state index contributed by atoms with van der Waals surface area (Å²) in [5, 5.41) is 7.16. The van der Waals surface area contributed by atoms with Crippen molar-refractivity contribution in [3.05, 3.63) is 46.7 Å². The molecule has 116 valence electrons. The van der Waals surface area contributed by atoms with Crippen molar-refractivity contribution in [3.8, 4) is 0 Å². The number of carbonyl (C=O) groups is 2. The van der Waals surface area contributed by atoms with Crippen molar-refractivity contribution in [3.63, 3.8) is 0 Å². The number of anilines is 1. The first-order valence-corrected chi connectivity index (χ1v) is 7.64. The number of amides is 2. The zero-order valence-corrected chi connectivity index (χ0v) is 13.0. The zero-order chi connectivity index (χ0) is 16.1. The van der Waals surface area contributed by atoms with Crippen LogP contribution in [0.15, 0.2) is 29.6 Å². The lowest BCUT2D eigenvalue weighted by molar-refractivity contribution is 0.0943. The monoisotopic (exact) mass is 321 g/mol. The molecule has 2 N–H and O–H groups in total. The van der Waals surface area contributed by atoms with Crippen LogP contribution in [-0.4, -0.2) is 23.3 Å². The van der Waals surface area contributed by atoms with E-state index >= 15 is 0 Å². The van der Waals surface area contributed by atoms with Crippen LogP contribution in [0, 0.1) is 11.7 Å². The van der Waals surface area contributed by atoms with Crippen LogP contribution in [0.25, 0.3) is 0 Å². The number of hydrogen-bond donors (Lipinski definition) is 2. The van der Waals surface area contributed by atoms with E-state index < -0.39 is 11.7 Å². The van der Waals surface area contributed by atoms with Crippen molar-refractivity contribution in [2.75, 3.05) is 11.9 Å². The van der Waals surface area contributed by atoms with Gasteiger partial charge in [-0.3, -0.25) is 14.9 Å². The van der Waals surface area contributed by atoms with Gasteiger partial charge in [0.2, 0.25) is 0 Å². The molecule has 0 fully saturated rings. The van der Waals surface area contributed by atoms with Crippen molar-refractivity contribution >= 4 is 28.3 Å². The SMILES string of the molecule is CC(C)CNC(=O)c1csc(NC(=O)c2cccc(F)c2)n1. The molecular formula is C15H16FN3O2S. The smallest absolute Gasteiger partial charge is 0.270 e. The summed E-state index contributed by atoms with van der Waals surface area (Å²) < 4.78 is 13.1. The number of rotatable bonds is 5. The molecule has 0 atom stereocenters. The molecular weight excluding hydrogens is 305 g/mol. The van der Waals surface area contributed by atoms with Gasteiger partial charge in [-0.1, -0.05) is 19.9 Å². The maximum absolute atomic E-state index is 13.1. The Morgan fingerprint density at radius 1 is 1.32 bits per heavy atom. The van der Waals surface area contributed by atoms with E-state index in [1.165, 1.54) is 18.2 Å². The minimum Gasteiger partial charge on any atom is -0.350 e. The highest BCUT2D eigenvalue weighted by Gasteiger charge is 2.13. The summed E-state index contributed by atoms with van der Waals surface area (Å²) in [6.45, 7) is 4.54. The number of halogens is 1. The summed E-state index contributed by atoms with van der Waals surface area (Å²) in [5.74, 6) is -0.894. The molecule has 5 nitrogen and oxygen atoms in total. The molecule has 0 aliphatic rings. The third kappa shape index (κ3) is 4.36. The number of hydrogen-bond acceptors (Lipinski definition) is 4. The van der Waals surface area contributed by atoms with E-state index in [-0.39, 0.29) is 17.2 Å². The molecule has 0 aliphatic carbocycles. The lowest BCUT2D eigenvalue weighted by Gasteiger charge is -2.05. The normalized spacial score (nSPS) is 10.5. The summed E-state index contributed by atoms with van der Waals surface area (Å²) in [5.41, 5.74) is 0.446. The molecule has 22 heavy (non-hydrogen) atoms. The number of thiazole rings is 1. The van der Waals surface area contributed by atoms with Gasteiger partial charge in [0, 0.05) is 17.5 Å². The van der Waals surface area contributed by atoms with E-state index in [0.717, 1.165) is 17.4 Å². The average molecular weight is 321 g/mol. The fourth-order valence-electron chi connectivity index (χ4n) is 1.62. The largest absolute Gasteiger partial charge is 0.350 e. The quantitative estimate of drug-likeness (QED) is 0.889. The second-order valence-electron chi connectivity index (χ2n) is 5.11. The molecule has 0 unspecified atom stereocenters. The van der Waals surface area contributed by atoms with Gasteiger partial charge in [-0.2, -0.15) is 0 Å². The highest BCUT2D eigenvalue weighted by Crippen LogP contribution is 2.17. The van der Waals surface area contributed by atoms with E-state index in [1.54, 1.807) is 5.38 Å². The van der Waals surface area contributed by atoms with E-state index in [9.17, 15) is 14.0 Å². The van der Waals surface area contributed by atoms with Crippen molar-refractivity contribution in [1.29, 1.82) is 0 Å². The maximum atomic E-state index is 13.1. The maximum Gasteiger partial charge on any atom is 0.270 e. The number of carbonyl (C=O) groups excluding carboxylic acids is 2. The molecule has 7 heteroatoms. The van der Waals surface area contributed by atoms with Crippen LogP contribution in [0.2, 0.25) is 0 Å². The molecule has 2 rings (SSSR count). The predicted molar refractivity (Wildman–Crippen MR) is 83.6 cm³/mol. The van der Waals surface area contributed by atoms with Gasteiger partial charge in [-0.25, -0.2) is 9.37 Å². The van der Waals surface area contributed by atoms with Crippen LogP contribution < -0.4 is 10.6 Å². The van der Waals surface area contributed by atoms with E-state index in [1.807, 2.05) is 13.8 Å². The van der Waals surface area contributed by atoms with E-state index in [0.29, 0.717) is 17.6 Å². The second kappa shape index (κ2) is 7.13. The van der Waals surface area contributed by atoms with Gasteiger partial charge < -0.3 is 5.32 Å². The Labute approximate surface area is 131 Å². The fraction of sp³-hybridized carbons (Fsp3) is 0.267. The third-order valence-corrected chi connectivity index (χ3v) is 3.47. The first kappa shape index (κ1) is 16.1. The fourth-order valence-corrected chi connectivity index (χ4v) is 2.31. The Morgan fingerprint density at radius 3 is 2.77 bits per heavy atom. The first-order valence-electron chi connectivity index (χ1n) is 6.76. The molecule has 0 bridgehead atoms. The first-order chi connectivity index (χ1) is 10.5. The van der Waals surface area contributed by atoms with Crippen LogP contribution in [0.1, 0.15) is 34.7 Å². The van der Waals surface area contributed by atoms with Crippen LogP contribution in [0.4, 0.5) is 9.52 Å². The summed E-state index contributed by atoms with van der Waals surface area (Å²) in [6.07, 6.45) is 0. The summed E-state index contributed by atoms with van der Waals surface area (Å²) >= 11 is 1.14. The Morgan fingerprint density at radius 2 is 2.09 bits per heavy atom.